The lowest BCUT2D eigenvalue weighted by Gasteiger charge is -2.39. The number of anilines is 2. The van der Waals surface area contributed by atoms with Crippen molar-refractivity contribution in [2.45, 2.75) is 58.4 Å². The highest BCUT2D eigenvalue weighted by Gasteiger charge is 2.51. The summed E-state index contributed by atoms with van der Waals surface area (Å²) >= 11 is 6.17. The largest absolute Gasteiger partial charge is 0.463 e. The first-order valence-corrected chi connectivity index (χ1v) is 17.1. The first-order chi connectivity index (χ1) is 24.0. The normalized spacial score (nSPS) is 18.1. The Hall–Kier alpha value is -4.31. The van der Waals surface area contributed by atoms with Crippen molar-refractivity contribution in [3.8, 4) is 11.6 Å². The number of rotatable bonds is 11. The number of alkyl halides is 3. The van der Waals surface area contributed by atoms with Gasteiger partial charge in [-0.2, -0.15) is 28.2 Å². The van der Waals surface area contributed by atoms with E-state index in [-0.39, 0.29) is 53.1 Å². The van der Waals surface area contributed by atoms with Crippen molar-refractivity contribution in [1.82, 2.24) is 29.5 Å². The van der Waals surface area contributed by atoms with Crippen LogP contribution in [0, 0.1) is 18.3 Å². The Bertz CT molecular complexity index is 1700. The molecular formula is C34H44ClF3N8O5. The van der Waals surface area contributed by atoms with Gasteiger partial charge in [0.2, 0.25) is 17.9 Å². The van der Waals surface area contributed by atoms with Crippen LogP contribution in [0.2, 0.25) is 5.02 Å². The number of nitrogens with zero attached hydrogens (tertiary/aromatic N) is 7. The summed E-state index contributed by atoms with van der Waals surface area (Å²) < 4.78 is 61.9. The molecule has 2 N–H and O–H groups in total. The summed E-state index contributed by atoms with van der Waals surface area (Å²) in [5, 5.41) is 4.49. The van der Waals surface area contributed by atoms with Crippen molar-refractivity contribution in [3.63, 3.8) is 0 Å². The molecule has 51 heavy (non-hydrogen) atoms. The Morgan fingerprint density at radius 1 is 1.12 bits per heavy atom. The molecule has 1 aromatic carbocycles. The van der Waals surface area contributed by atoms with Crippen LogP contribution in [-0.4, -0.2) is 107 Å². The number of piperidine rings is 1. The number of esters is 1. The van der Waals surface area contributed by atoms with E-state index in [1.165, 1.54) is 40.0 Å². The zero-order valence-electron chi connectivity index (χ0n) is 29.3. The van der Waals surface area contributed by atoms with Crippen LogP contribution in [0.3, 0.4) is 0 Å². The molecule has 2 atom stereocenters. The predicted octanol–water partition coefficient (Wildman–Crippen LogP) is 5.45. The van der Waals surface area contributed by atoms with Crippen LogP contribution in [0.4, 0.5) is 29.7 Å². The second kappa shape index (κ2) is 15.5. The van der Waals surface area contributed by atoms with Crippen molar-refractivity contribution in [2.24, 2.45) is 11.3 Å². The topological polar surface area (TPSA) is 141 Å². The monoisotopic (exact) mass is 736 g/mol. The van der Waals surface area contributed by atoms with Gasteiger partial charge in [-0.25, -0.2) is 14.3 Å². The molecule has 3 aromatic rings. The van der Waals surface area contributed by atoms with E-state index in [2.05, 4.69) is 15.1 Å². The zero-order valence-corrected chi connectivity index (χ0v) is 30.1. The minimum absolute atomic E-state index is 0.0973. The minimum atomic E-state index is -4.85. The molecule has 0 saturated carbocycles. The fourth-order valence-corrected chi connectivity index (χ4v) is 6.51. The van der Waals surface area contributed by atoms with E-state index in [1.54, 1.807) is 13.0 Å². The van der Waals surface area contributed by atoms with Gasteiger partial charge in [0, 0.05) is 49.0 Å². The third kappa shape index (κ3) is 9.33. The number of aryl methyl sites for hydroxylation is 1. The molecule has 278 valence electrons. The van der Waals surface area contributed by atoms with Crippen LogP contribution in [0.15, 0.2) is 36.5 Å². The molecule has 2 fully saturated rings. The average Bonchev–Trinajstić information content (AvgIpc) is 3.66. The summed E-state index contributed by atoms with van der Waals surface area (Å²) in [6.45, 7) is 7.68. The highest BCUT2D eigenvalue weighted by Crippen LogP contribution is 2.45. The van der Waals surface area contributed by atoms with E-state index >= 15 is 0 Å². The smallest absolute Gasteiger partial charge is 0.429 e. The van der Waals surface area contributed by atoms with E-state index in [4.69, 9.17) is 31.5 Å². The summed E-state index contributed by atoms with van der Waals surface area (Å²) in [6.07, 6.45) is -4.79. The van der Waals surface area contributed by atoms with Crippen LogP contribution < -0.4 is 15.4 Å². The van der Waals surface area contributed by atoms with Gasteiger partial charge >= 0.3 is 18.2 Å². The molecule has 13 nitrogen and oxygen atoms in total. The van der Waals surface area contributed by atoms with Crippen molar-refractivity contribution in [3.05, 3.63) is 52.8 Å². The zero-order chi connectivity index (χ0) is 37.1. The molecule has 2 aromatic heterocycles. The highest BCUT2D eigenvalue weighted by atomic mass is 35.5. The van der Waals surface area contributed by atoms with Crippen molar-refractivity contribution in [2.75, 3.05) is 64.1 Å². The molecular weight excluding hydrogens is 693 g/mol. The van der Waals surface area contributed by atoms with Crippen molar-refractivity contribution < 1.29 is 37.0 Å². The van der Waals surface area contributed by atoms with Gasteiger partial charge in [0.15, 0.2) is 0 Å². The molecule has 2 aliphatic heterocycles. The van der Waals surface area contributed by atoms with Gasteiger partial charge < -0.3 is 29.7 Å². The van der Waals surface area contributed by atoms with Crippen LogP contribution in [-0.2, 0) is 14.3 Å². The van der Waals surface area contributed by atoms with E-state index < -0.39 is 35.8 Å². The van der Waals surface area contributed by atoms with E-state index in [0.29, 0.717) is 51.1 Å². The van der Waals surface area contributed by atoms with Crippen LogP contribution in [0.5, 0.6) is 5.88 Å². The van der Waals surface area contributed by atoms with E-state index in [9.17, 15) is 22.8 Å². The summed E-state index contributed by atoms with van der Waals surface area (Å²) in [7, 11) is 3.74. The number of likely N-dealkylation sites (tertiary alicyclic amines) is 1. The van der Waals surface area contributed by atoms with Gasteiger partial charge in [0.25, 0.3) is 0 Å². The first-order valence-electron chi connectivity index (χ1n) is 16.7. The molecule has 4 heterocycles. The molecule has 1 spiro atoms. The first kappa shape index (κ1) is 37.9. The SMILES string of the molecule is Cc1ccn(-c2cc(Cl)ccc2[C@@H](Oc2cc(N3CCC4(CC3)CC(C(=O)OCCN(C)C)N(C(=O)OCC(C)C)C4)nc(N)n2)C(F)(F)F)n1. The third-order valence-electron chi connectivity index (χ3n) is 8.97. The average molecular weight is 737 g/mol. The fraction of sp³-hybridized carbons (Fsp3) is 0.559. The summed E-state index contributed by atoms with van der Waals surface area (Å²) in [5.74, 6) is -0.693. The molecule has 0 radical (unpaired) electrons. The number of nitrogen functional groups attached to an aromatic ring is 1. The lowest BCUT2D eigenvalue weighted by atomic mass is 9.76. The van der Waals surface area contributed by atoms with Crippen LogP contribution >= 0.6 is 11.6 Å². The number of amides is 1. The summed E-state index contributed by atoms with van der Waals surface area (Å²) in [4.78, 5) is 39.9. The maximum absolute atomic E-state index is 14.6. The molecule has 2 aliphatic rings. The van der Waals surface area contributed by atoms with E-state index in [0.717, 1.165) is 0 Å². The van der Waals surface area contributed by atoms with Gasteiger partial charge in [-0.3, -0.25) is 4.90 Å². The van der Waals surface area contributed by atoms with Crippen LogP contribution in [0.25, 0.3) is 5.69 Å². The number of hydrogen-bond acceptors (Lipinski definition) is 11. The number of aromatic nitrogens is 4. The summed E-state index contributed by atoms with van der Waals surface area (Å²) in [6, 6.07) is 6.18. The molecule has 5 rings (SSSR count). The van der Waals surface area contributed by atoms with Crippen molar-refractivity contribution >= 4 is 35.4 Å². The number of carbonyl (C=O) groups excluding carboxylic acids is 2. The molecule has 17 heteroatoms. The number of benzene rings is 1. The number of nitrogens with two attached hydrogens (primary N) is 1. The van der Waals surface area contributed by atoms with Gasteiger partial charge in [0.05, 0.1) is 18.0 Å². The van der Waals surface area contributed by atoms with Gasteiger partial charge in [0.1, 0.15) is 18.5 Å². The maximum atomic E-state index is 14.6. The standard InChI is InChI=1S/C34H44ClF3N8O5/c1-21(2)19-50-32(48)45-20-33(18-26(45)30(47)49-15-14-43(4)5)9-12-44(13-10-33)27-17-28(41-31(39)40-27)51-29(34(36,37)38)24-7-6-23(35)16-25(24)46-11-8-22(3)42-46/h6-8,11,16-17,21,26,29H,9-10,12-15,18-20H2,1-5H3,(H2,39,40,41)/t26?,29-/m1/s1. The second-order valence-electron chi connectivity index (χ2n) is 13.8. The van der Waals surface area contributed by atoms with E-state index in [1.807, 2.05) is 37.7 Å². The lowest BCUT2D eigenvalue weighted by molar-refractivity contribution is -0.198. The second-order valence-corrected chi connectivity index (χ2v) is 14.3. The molecule has 0 aliphatic carbocycles. The molecule has 1 amide bonds. The Balaban J connectivity index is 1.34. The molecule has 0 bridgehead atoms. The molecule has 2 saturated heterocycles. The highest BCUT2D eigenvalue weighted by molar-refractivity contribution is 6.30. The number of hydrogen-bond donors (Lipinski definition) is 1. The molecule has 1 unspecified atom stereocenters. The summed E-state index contributed by atoms with van der Waals surface area (Å²) in [5.41, 5.74) is 6.08. The predicted molar refractivity (Wildman–Crippen MR) is 184 cm³/mol. The van der Waals surface area contributed by atoms with Crippen molar-refractivity contribution in [1.29, 1.82) is 0 Å². The Labute approximate surface area is 299 Å². The quantitative estimate of drug-likeness (QED) is 0.252. The Morgan fingerprint density at radius 3 is 2.47 bits per heavy atom. The Morgan fingerprint density at radius 2 is 1.84 bits per heavy atom. The minimum Gasteiger partial charge on any atom is -0.463 e. The van der Waals surface area contributed by atoms with Crippen LogP contribution in [0.1, 0.15) is 50.5 Å². The Kier molecular flexibility index (Phi) is 11.5. The van der Waals surface area contributed by atoms with Gasteiger partial charge in [-0.1, -0.05) is 31.5 Å². The number of halogens is 4. The fourth-order valence-electron chi connectivity index (χ4n) is 6.34. The maximum Gasteiger partial charge on any atom is 0.429 e. The number of carbonyl (C=O) groups is 2. The van der Waals surface area contributed by atoms with Gasteiger partial charge in [-0.05, 0) is 69.8 Å². The number of likely N-dealkylation sites (N-methyl/N-ethyl adjacent to an activating group) is 1. The third-order valence-corrected chi connectivity index (χ3v) is 9.21. The lowest BCUT2D eigenvalue weighted by Crippen LogP contribution is -2.44. The van der Waals surface area contributed by atoms with Gasteiger partial charge in [-0.15, -0.1) is 0 Å². The number of ether oxygens (including phenoxy) is 3.